The second kappa shape index (κ2) is 4.32. The summed E-state index contributed by atoms with van der Waals surface area (Å²) in [6.07, 6.45) is 2.15. The van der Waals surface area contributed by atoms with E-state index in [1.165, 1.54) is 5.56 Å². The number of aromatic nitrogens is 1. The van der Waals surface area contributed by atoms with E-state index in [-0.39, 0.29) is 5.60 Å². The first kappa shape index (κ1) is 11.8. The molecule has 0 radical (unpaired) electrons. The molecule has 0 spiro atoms. The Balaban J connectivity index is 2.36. The van der Waals surface area contributed by atoms with Crippen LogP contribution in [0.2, 0.25) is 5.15 Å². The Labute approximate surface area is 101 Å². The molecular formula is C12H17ClN2O. The molecule has 3 nitrogen and oxygen atoms in total. The van der Waals surface area contributed by atoms with Crippen LogP contribution in [-0.2, 0) is 16.9 Å². The summed E-state index contributed by atoms with van der Waals surface area (Å²) in [7, 11) is 5.82. The summed E-state index contributed by atoms with van der Waals surface area (Å²) in [6.45, 7) is 0.793. The van der Waals surface area contributed by atoms with Gasteiger partial charge in [0, 0.05) is 19.2 Å². The molecule has 16 heavy (non-hydrogen) atoms. The Morgan fingerprint density at radius 2 is 2.12 bits per heavy atom. The van der Waals surface area contributed by atoms with Crippen molar-refractivity contribution in [3.05, 3.63) is 28.5 Å². The molecule has 2 rings (SSSR count). The van der Waals surface area contributed by atoms with Crippen LogP contribution < -0.4 is 0 Å². The van der Waals surface area contributed by atoms with E-state index in [0.29, 0.717) is 5.15 Å². The van der Waals surface area contributed by atoms with Gasteiger partial charge in [0.25, 0.3) is 0 Å². The molecule has 0 unspecified atom stereocenters. The lowest BCUT2D eigenvalue weighted by Crippen LogP contribution is -2.19. The number of halogens is 1. The molecule has 0 saturated heterocycles. The lowest BCUT2D eigenvalue weighted by Gasteiger charge is -2.19. The Kier molecular flexibility index (Phi) is 3.19. The zero-order valence-corrected chi connectivity index (χ0v) is 10.7. The van der Waals surface area contributed by atoms with Gasteiger partial charge in [0.2, 0.25) is 0 Å². The molecule has 1 heterocycles. The number of pyridine rings is 1. The van der Waals surface area contributed by atoms with Gasteiger partial charge in [-0.3, -0.25) is 0 Å². The average molecular weight is 241 g/mol. The van der Waals surface area contributed by atoms with E-state index in [9.17, 15) is 0 Å². The van der Waals surface area contributed by atoms with Gasteiger partial charge in [-0.25, -0.2) is 4.98 Å². The Morgan fingerprint density at radius 1 is 1.44 bits per heavy atom. The quantitative estimate of drug-likeness (QED) is 0.756. The molecule has 1 aliphatic carbocycles. The number of hydrogen-bond donors (Lipinski definition) is 0. The fraction of sp³-hybridized carbons (Fsp3) is 0.583. The topological polar surface area (TPSA) is 25.4 Å². The van der Waals surface area contributed by atoms with Crippen molar-refractivity contribution in [2.45, 2.75) is 25.0 Å². The second-order valence-corrected chi connectivity index (χ2v) is 4.95. The molecule has 0 amide bonds. The average Bonchev–Trinajstić information content (AvgIpc) is 2.97. The van der Waals surface area contributed by atoms with Crippen LogP contribution in [0.4, 0.5) is 0 Å². The van der Waals surface area contributed by atoms with Crippen LogP contribution in [-0.4, -0.2) is 31.1 Å². The van der Waals surface area contributed by atoms with Gasteiger partial charge in [-0.1, -0.05) is 17.7 Å². The Hall–Kier alpha value is -0.640. The molecule has 1 aromatic rings. The summed E-state index contributed by atoms with van der Waals surface area (Å²) in [5.41, 5.74) is 2.12. The molecule has 4 heteroatoms. The maximum atomic E-state index is 5.94. The normalized spacial score (nSPS) is 17.8. The number of nitrogens with zero attached hydrogens (tertiary/aromatic N) is 2. The van der Waals surface area contributed by atoms with Crippen molar-refractivity contribution in [3.8, 4) is 0 Å². The van der Waals surface area contributed by atoms with Gasteiger partial charge in [0.1, 0.15) is 5.15 Å². The zero-order valence-electron chi connectivity index (χ0n) is 9.96. The van der Waals surface area contributed by atoms with Crippen LogP contribution in [0, 0.1) is 0 Å². The number of methoxy groups -OCH3 is 1. The first-order valence-electron chi connectivity index (χ1n) is 5.43. The Morgan fingerprint density at radius 3 is 2.62 bits per heavy atom. The van der Waals surface area contributed by atoms with Crippen LogP contribution in [0.3, 0.4) is 0 Å². The van der Waals surface area contributed by atoms with Crippen LogP contribution in [0.1, 0.15) is 24.1 Å². The first-order chi connectivity index (χ1) is 7.57. The molecule has 1 aromatic heterocycles. The van der Waals surface area contributed by atoms with Gasteiger partial charge in [-0.05, 0) is 33.0 Å². The van der Waals surface area contributed by atoms with E-state index in [2.05, 4.69) is 9.88 Å². The SMILES string of the molecule is COC1(c2ccc(Cl)nc2CN(C)C)CC1. The maximum Gasteiger partial charge on any atom is 0.129 e. The highest BCUT2D eigenvalue weighted by Gasteiger charge is 2.46. The van der Waals surface area contributed by atoms with Crippen LogP contribution in [0.25, 0.3) is 0 Å². The summed E-state index contributed by atoms with van der Waals surface area (Å²) in [6, 6.07) is 3.89. The predicted octanol–water partition coefficient (Wildman–Crippen LogP) is 2.43. The summed E-state index contributed by atoms with van der Waals surface area (Å²) in [4.78, 5) is 6.50. The summed E-state index contributed by atoms with van der Waals surface area (Å²) in [5, 5.41) is 0.549. The van der Waals surface area contributed by atoms with Gasteiger partial charge < -0.3 is 9.64 Å². The van der Waals surface area contributed by atoms with Gasteiger partial charge in [0.15, 0.2) is 0 Å². The second-order valence-electron chi connectivity index (χ2n) is 4.56. The van der Waals surface area contributed by atoms with Crippen molar-refractivity contribution in [2.24, 2.45) is 0 Å². The fourth-order valence-corrected chi connectivity index (χ4v) is 2.17. The monoisotopic (exact) mass is 240 g/mol. The summed E-state index contributed by atoms with van der Waals surface area (Å²) in [5.74, 6) is 0. The smallest absolute Gasteiger partial charge is 0.129 e. The number of hydrogen-bond acceptors (Lipinski definition) is 3. The zero-order chi connectivity index (χ0) is 11.8. The van der Waals surface area contributed by atoms with E-state index < -0.39 is 0 Å². The first-order valence-corrected chi connectivity index (χ1v) is 5.81. The molecule has 0 bridgehead atoms. The van der Waals surface area contributed by atoms with Crippen molar-refractivity contribution in [1.29, 1.82) is 0 Å². The van der Waals surface area contributed by atoms with Crippen LogP contribution >= 0.6 is 11.6 Å². The largest absolute Gasteiger partial charge is 0.373 e. The van der Waals surface area contributed by atoms with Crippen molar-refractivity contribution in [1.82, 2.24) is 9.88 Å². The minimum absolute atomic E-state index is 0.0943. The van der Waals surface area contributed by atoms with E-state index in [0.717, 1.165) is 25.1 Å². The molecule has 88 valence electrons. The van der Waals surface area contributed by atoms with Gasteiger partial charge >= 0.3 is 0 Å². The molecule has 1 fully saturated rings. The molecule has 0 aliphatic heterocycles. The van der Waals surface area contributed by atoms with E-state index in [4.69, 9.17) is 16.3 Å². The third-order valence-corrected chi connectivity index (χ3v) is 3.20. The van der Waals surface area contributed by atoms with Crippen molar-refractivity contribution < 1.29 is 4.74 Å². The molecule has 1 aliphatic rings. The van der Waals surface area contributed by atoms with Crippen molar-refractivity contribution in [3.63, 3.8) is 0 Å². The van der Waals surface area contributed by atoms with Gasteiger partial charge in [-0.2, -0.15) is 0 Å². The highest BCUT2D eigenvalue weighted by molar-refractivity contribution is 6.29. The van der Waals surface area contributed by atoms with Crippen LogP contribution in [0.5, 0.6) is 0 Å². The predicted molar refractivity (Wildman–Crippen MR) is 64.6 cm³/mol. The molecule has 0 aromatic carbocycles. The molecule has 1 saturated carbocycles. The highest BCUT2D eigenvalue weighted by Crippen LogP contribution is 2.49. The van der Waals surface area contributed by atoms with E-state index >= 15 is 0 Å². The van der Waals surface area contributed by atoms with E-state index in [1.54, 1.807) is 7.11 Å². The third-order valence-electron chi connectivity index (χ3n) is 2.99. The highest BCUT2D eigenvalue weighted by atomic mass is 35.5. The minimum atomic E-state index is -0.0943. The van der Waals surface area contributed by atoms with E-state index in [1.807, 2.05) is 26.2 Å². The number of rotatable bonds is 4. The lowest BCUT2D eigenvalue weighted by atomic mass is 10.1. The third kappa shape index (κ3) is 2.21. The minimum Gasteiger partial charge on any atom is -0.373 e. The standard InChI is InChI=1S/C12H17ClN2O/c1-15(2)8-10-9(4-5-11(13)14-10)12(16-3)6-7-12/h4-5H,6-8H2,1-3H3. The van der Waals surface area contributed by atoms with Gasteiger partial charge in [-0.15, -0.1) is 0 Å². The Bertz CT molecular complexity index is 389. The summed E-state index contributed by atoms with van der Waals surface area (Å²) < 4.78 is 5.60. The molecular weight excluding hydrogens is 224 g/mol. The van der Waals surface area contributed by atoms with Gasteiger partial charge in [0.05, 0.1) is 11.3 Å². The van der Waals surface area contributed by atoms with Crippen LogP contribution in [0.15, 0.2) is 12.1 Å². The van der Waals surface area contributed by atoms with Crippen molar-refractivity contribution >= 4 is 11.6 Å². The summed E-state index contributed by atoms with van der Waals surface area (Å²) >= 11 is 5.94. The molecule has 0 atom stereocenters. The molecule has 0 N–H and O–H groups in total. The lowest BCUT2D eigenvalue weighted by molar-refractivity contribution is 0.0772. The van der Waals surface area contributed by atoms with Crippen molar-refractivity contribution in [2.75, 3.05) is 21.2 Å². The number of ether oxygens (including phenoxy) is 1. The maximum absolute atomic E-state index is 5.94. The fourth-order valence-electron chi connectivity index (χ4n) is 2.01.